The Morgan fingerprint density at radius 1 is 1.24 bits per heavy atom. The van der Waals surface area contributed by atoms with E-state index in [2.05, 4.69) is 29.1 Å². The molecule has 0 saturated carbocycles. The fraction of sp³-hybridized carbons (Fsp3) is 0.0769. The van der Waals surface area contributed by atoms with Crippen LogP contribution >= 0.6 is 11.3 Å². The third-order valence-electron chi connectivity index (χ3n) is 2.51. The van der Waals surface area contributed by atoms with Crippen molar-refractivity contribution in [2.24, 2.45) is 5.10 Å². The predicted octanol–water partition coefficient (Wildman–Crippen LogP) is 3.29. The summed E-state index contributed by atoms with van der Waals surface area (Å²) in [5.74, 6) is 0. The number of hydrogen-bond acceptors (Lipinski definition) is 3. The molecule has 0 saturated heterocycles. The minimum Gasteiger partial charge on any atom is -0.235 e. The van der Waals surface area contributed by atoms with E-state index in [9.17, 15) is 0 Å². The van der Waals surface area contributed by atoms with Gasteiger partial charge >= 0.3 is 0 Å². The SMILES string of the molecule is Cc1ccc(/C=N\n2cnc3ccccc32)s1. The van der Waals surface area contributed by atoms with Gasteiger partial charge in [-0.1, -0.05) is 12.1 Å². The van der Waals surface area contributed by atoms with E-state index in [-0.39, 0.29) is 0 Å². The number of para-hydroxylation sites is 2. The van der Waals surface area contributed by atoms with Crippen LogP contribution in [0.25, 0.3) is 11.0 Å². The first-order valence-electron chi connectivity index (χ1n) is 5.36. The summed E-state index contributed by atoms with van der Waals surface area (Å²) in [6.07, 6.45) is 3.60. The molecule has 0 amide bonds. The zero-order valence-electron chi connectivity index (χ0n) is 9.37. The summed E-state index contributed by atoms with van der Waals surface area (Å²) in [6, 6.07) is 12.1. The predicted molar refractivity (Wildman–Crippen MR) is 71.8 cm³/mol. The summed E-state index contributed by atoms with van der Waals surface area (Å²) >= 11 is 1.73. The molecule has 3 nitrogen and oxygen atoms in total. The van der Waals surface area contributed by atoms with E-state index in [4.69, 9.17) is 0 Å². The summed E-state index contributed by atoms with van der Waals surface area (Å²) < 4.78 is 1.80. The maximum Gasteiger partial charge on any atom is 0.118 e. The first-order chi connectivity index (χ1) is 8.33. The van der Waals surface area contributed by atoms with E-state index in [0.717, 1.165) is 15.9 Å². The molecule has 0 atom stereocenters. The van der Waals surface area contributed by atoms with E-state index in [0.29, 0.717) is 0 Å². The van der Waals surface area contributed by atoms with E-state index >= 15 is 0 Å². The maximum atomic E-state index is 4.42. The number of aryl methyl sites for hydroxylation is 1. The Kier molecular flexibility index (Phi) is 2.49. The molecule has 0 N–H and O–H groups in total. The first-order valence-corrected chi connectivity index (χ1v) is 6.17. The van der Waals surface area contributed by atoms with Crippen molar-refractivity contribution in [1.82, 2.24) is 9.66 Å². The summed E-state index contributed by atoms with van der Waals surface area (Å²) in [6.45, 7) is 2.09. The first kappa shape index (κ1) is 10.2. The number of imidazole rings is 1. The van der Waals surface area contributed by atoms with Crippen molar-refractivity contribution in [3.05, 3.63) is 52.5 Å². The lowest BCUT2D eigenvalue weighted by atomic mass is 10.3. The molecule has 0 radical (unpaired) electrons. The van der Waals surface area contributed by atoms with Gasteiger partial charge in [0.05, 0.1) is 17.2 Å². The molecular weight excluding hydrogens is 230 g/mol. The van der Waals surface area contributed by atoms with Gasteiger partial charge < -0.3 is 0 Å². The van der Waals surface area contributed by atoms with E-state index < -0.39 is 0 Å². The van der Waals surface area contributed by atoms with Crippen LogP contribution in [0.15, 0.2) is 47.8 Å². The molecule has 0 bridgehead atoms. The molecule has 0 aliphatic heterocycles. The van der Waals surface area contributed by atoms with Gasteiger partial charge in [-0.05, 0) is 31.2 Å². The quantitative estimate of drug-likeness (QED) is 0.633. The Labute approximate surface area is 103 Å². The lowest BCUT2D eigenvalue weighted by Crippen LogP contribution is -1.86. The molecule has 0 spiro atoms. The lowest BCUT2D eigenvalue weighted by Gasteiger charge is -1.93. The number of fused-ring (bicyclic) bond motifs is 1. The zero-order valence-corrected chi connectivity index (χ0v) is 10.2. The standard InChI is InChI=1S/C13H11N3S/c1-10-6-7-11(17-10)8-15-16-9-14-12-4-2-3-5-13(12)16/h2-9H,1H3/b15-8-. The third-order valence-corrected chi connectivity index (χ3v) is 3.44. The molecule has 4 heteroatoms. The van der Waals surface area contributed by atoms with Crippen molar-refractivity contribution in [3.8, 4) is 0 Å². The van der Waals surface area contributed by atoms with Crippen LogP contribution in [0, 0.1) is 6.92 Å². The minimum absolute atomic E-state index is 0.965. The monoisotopic (exact) mass is 241 g/mol. The van der Waals surface area contributed by atoms with Gasteiger partial charge in [0.25, 0.3) is 0 Å². The molecule has 1 aromatic carbocycles. The summed E-state index contributed by atoms with van der Waals surface area (Å²) in [7, 11) is 0. The summed E-state index contributed by atoms with van der Waals surface area (Å²) in [5, 5.41) is 4.42. The largest absolute Gasteiger partial charge is 0.235 e. The average molecular weight is 241 g/mol. The maximum absolute atomic E-state index is 4.42. The minimum atomic E-state index is 0.965. The van der Waals surface area contributed by atoms with Gasteiger partial charge in [-0.15, -0.1) is 11.3 Å². The number of aromatic nitrogens is 2. The molecule has 0 fully saturated rings. The number of hydrogen-bond donors (Lipinski definition) is 0. The lowest BCUT2D eigenvalue weighted by molar-refractivity contribution is 0.915. The normalized spacial score (nSPS) is 11.6. The average Bonchev–Trinajstić information content (AvgIpc) is 2.93. The second-order valence-electron chi connectivity index (χ2n) is 3.77. The smallest absolute Gasteiger partial charge is 0.118 e. The second-order valence-corrected chi connectivity index (χ2v) is 5.09. The molecule has 3 rings (SSSR count). The molecule has 2 heterocycles. The highest BCUT2D eigenvalue weighted by Crippen LogP contribution is 2.14. The van der Waals surface area contributed by atoms with Crippen molar-refractivity contribution >= 4 is 28.6 Å². The highest BCUT2D eigenvalue weighted by atomic mass is 32.1. The van der Waals surface area contributed by atoms with Gasteiger partial charge in [0, 0.05) is 9.75 Å². The molecule has 2 aromatic heterocycles. The van der Waals surface area contributed by atoms with Crippen LogP contribution in [0.5, 0.6) is 0 Å². The van der Waals surface area contributed by atoms with Gasteiger partial charge in [-0.3, -0.25) is 0 Å². The molecule has 17 heavy (non-hydrogen) atoms. The fourth-order valence-electron chi connectivity index (χ4n) is 1.68. The second kappa shape index (κ2) is 4.14. The summed E-state index contributed by atoms with van der Waals surface area (Å²) in [4.78, 5) is 6.74. The Balaban J connectivity index is 1.97. The van der Waals surface area contributed by atoms with Crippen LogP contribution in [-0.2, 0) is 0 Å². The van der Waals surface area contributed by atoms with Crippen LogP contribution in [0.2, 0.25) is 0 Å². The van der Waals surface area contributed by atoms with Crippen LogP contribution in [0.3, 0.4) is 0 Å². The van der Waals surface area contributed by atoms with Gasteiger partial charge in [-0.2, -0.15) is 5.10 Å². The molecule has 0 aliphatic rings. The third kappa shape index (κ3) is 1.99. The van der Waals surface area contributed by atoms with E-state index in [1.54, 1.807) is 22.3 Å². The zero-order chi connectivity index (χ0) is 11.7. The van der Waals surface area contributed by atoms with Crippen molar-refractivity contribution in [2.45, 2.75) is 6.92 Å². The highest BCUT2D eigenvalue weighted by molar-refractivity contribution is 7.13. The molecule has 0 unspecified atom stereocenters. The Bertz CT molecular complexity index is 679. The number of rotatable bonds is 2. The van der Waals surface area contributed by atoms with Crippen LogP contribution < -0.4 is 0 Å². The van der Waals surface area contributed by atoms with Gasteiger partial charge in [0.1, 0.15) is 6.33 Å². The fourth-order valence-corrected chi connectivity index (χ4v) is 2.42. The van der Waals surface area contributed by atoms with Gasteiger partial charge in [-0.25, -0.2) is 9.66 Å². The molecule has 3 aromatic rings. The molecule has 0 aliphatic carbocycles. The van der Waals surface area contributed by atoms with Crippen molar-refractivity contribution in [1.29, 1.82) is 0 Å². The highest BCUT2D eigenvalue weighted by Gasteiger charge is 1.99. The number of thiophene rings is 1. The van der Waals surface area contributed by atoms with Crippen molar-refractivity contribution in [3.63, 3.8) is 0 Å². The Morgan fingerprint density at radius 3 is 2.94 bits per heavy atom. The van der Waals surface area contributed by atoms with Crippen LogP contribution in [0.4, 0.5) is 0 Å². The van der Waals surface area contributed by atoms with Crippen molar-refractivity contribution in [2.75, 3.05) is 0 Å². The van der Waals surface area contributed by atoms with Crippen molar-refractivity contribution < 1.29 is 0 Å². The topological polar surface area (TPSA) is 30.2 Å². The number of nitrogens with zero attached hydrogens (tertiary/aromatic N) is 3. The number of benzene rings is 1. The Hall–Kier alpha value is -1.94. The Morgan fingerprint density at radius 2 is 2.12 bits per heavy atom. The summed E-state index contributed by atoms with van der Waals surface area (Å²) in [5.41, 5.74) is 1.99. The van der Waals surface area contributed by atoms with Gasteiger partial charge in [0.15, 0.2) is 0 Å². The molecule has 84 valence electrons. The van der Waals surface area contributed by atoms with E-state index in [1.165, 1.54) is 4.88 Å². The van der Waals surface area contributed by atoms with Crippen LogP contribution in [0.1, 0.15) is 9.75 Å². The van der Waals surface area contributed by atoms with Gasteiger partial charge in [0.2, 0.25) is 0 Å². The van der Waals surface area contributed by atoms with Crippen LogP contribution in [-0.4, -0.2) is 15.9 Å². The van der Waals surface area contributed by atoms with E-state index in [1.807, 2.05) is 30.5 Å². The molecular formula is C13H11N3S.